The van der Waals surface area contributed by atoms with Gasteiger partial charge in [-0.3, -0.25) is 9.69 Å². The smallest absolute Gasteiger partial charge is 0.371 e. The Morgan fingerprint density at radius 3 is 2.65 bits per heavy atom. The number of benzene rings is 2. The van der Waals surface area contributed by atoms with Crippen molar-refractivity contribution < 1.29 is 96.0 Å². The molecule has 1 atom stereocenters. The van der Waals surface area contributed by atoms with Gasteiger partial charge in [-0.2, -0.15) is 13.2 Å². The number of halogens is 4. The van der Waals surface area contributed by atoms with Crippen molar-refractivity contribution in [3.05, 3.63) is 77.0 Å². The number of aryl methyl sites for hydroxylation is 1. The number of ether oxygens (including phenoxy) is 1. The Labute approximate surface area is 238 Å². The minimum absolute atomic E-state index is 0. The molecule has 2 aromatic carbocycles. The summed E-state index contributed by atoms with van der Waals surface area (Å²) in [5.74, 6) is -0.979. The quantitative estimate of drug-likeness (QED) is 0.460. The summed E-state index contributed by atoms with van der Waals surface area (Å²) in [6, 6.07) is 6.50. The molecule has 4 nitrogen and oxygen atoms in total. The molecule has 1 N–H and O–H groups in total. The van der Waals surface area contributed by atoms with E-state index >= 15 is 0 Å². The minimum atomic E-state index is -4.59. The van der Waals surface area contributed by atoms with Crippen molar-refractivity contribution in [2.45, 2.75) is 32.3 Å². The molecule has 0 spiro atoms. The number of hydrogen-bond donors (Lipinski definition) is 1. The number of amides is 1. The summed E-state index contributed by atoms with van der Waals surface area (Å²) in [4.78, 5) is 13.8. The monoisotopic (exact) mass is 556 g/mol. The third-order valence-corrected chi connectivity index (χ3v) is 5.32. The number of rotatable bonds is 3. The predicted molar refractivity (Wildman–Crippen MR) is 104 cm³/mol. The van der Waals surface area contributed by atoms with Crippen molar-refractivity contribution in [2.75, 3.05) is 19.7 Å². The fourth-order valence-corrected chi connectivity index (χ4v) is 4.02. The van der Waals surface area contributed by atoms with Crippen LogP contribution in [0.4, 0.5) is 17.6 Å². The van der Waals surface area contributed by atoms with Gasteiger partial charge in [-0.25, -0.2) is 4.39 Å². The van der Waals surface area contributed by atoms with Gasteiger partial charge in [0.2, 0.25) is 0 Å². The number of hydrogen-bond acceptors (Lipinski definition) is 3. The van der Waals surface area contributed by atoms with Gasteiger partial charge >= 0.3 is 75.1 Å². The molecule has 162 valence electrons. The van der Waals surface area contributed by atoms with Crippen molar-refractivity contribution in [1.82, 2.24) is 10.2 Å². The molecule has 0 aromatic heterocycles. The van der Waals surface area contributed by atoms with Gasteiger partial charge in [-0.1, -0.05) is 12.1 Å². The maximum absolute atomic E-state index is 13.7. The number of nitrogens with zero attached hydrogens (tertiary/aromatic N) is 1. The van der Waals surface area contributed by atoms with Crippen LogP contribution in [0.25, 0.3) is 0 Å². The van der Waals surface area contributed by atoms with Crippen LogP contribution in [0.2, 0.25) is 0 Å². The van der Waals surface area contributed by atoms with E-state index in [0.29, 0.717) is 37.9 Å². The van der Waals surface area contributed by atoms with Crippen LogP contribution in [-0.2, 0) is 24.0 Å². The number of morpholine rings is 1. The van der Waals surface area contributed by atoms with Crippen LogP contribution in [0.1, 0.15) is 44.3 Å². The van der Waals surface area contributed by atoms with Gasteiger partial charge in [0.25, 0.3) is 5.91 Å². The number of fused-ring (bicyclic) bond motifs is 1. The summed E-state index contributed by atoms with van der Waals surface area (Å²) in [6.07, 6.45) is -4.85. The fourth-order valence-electron chi connectivity index (χ4n) is 4.02. The van der Waals surface area contributed by atoms with E-state index in [1.165, 1.54) is 0 Å². The number of carbonyl (C=O) groups is 1. The van der Waals surface area contributed by atoms with Crippen molar-refractivity contribution in [1.29, 1.82) is 0 Å². The molecule has 1 fully saturated rings. The molecule has 0 aliphatic carbocycles. The van der Waals surface area contributed by atoms with Gasteiger partial charge in [-0.15, -0.1) is 0 Å². The van der Waals surface area contributed by atoms with Crippen molar-refractivity contribution in [3.8, 4) is 0 Å². The Bertz CT molecular complexity index is 965. The zero-order valence-corrected chi connectivity index (χ0v) is 24.1. The van der Waals surface area contributed by atoms with E-state index < -0.39 is 17.6 Å². The number of alkyl halides is 3. The van der Waals surface area contributed by atoms with Crippen LogP contribution in [0.15, 0.2) is 30.3 Å². The van der Waals surface area contributed by atoms with Gasteiger partial charge in [0.1, 0.15) is 5.82 Å². The number of carbonyl (C=O) groups excluding carboxylic acids is 1. The van der Waals surface area contributed by atoms with Crippen LogP contribution in [0.3, 0.4) is 0 Å². The molecule has 31 heavy (non-hydrogen) atoms. The Kier molecular flexibility index (Phi) is 9.26. The van der Waals surface area contributed by atoms with Crippen LogP contribution in [0, 0.1) is 20.2 Å². The zero-order chi connectivity index (χ0) is 20.8. The first-order valence-corrected chi connectivity index (χ1v) is 9.33. The maximum Gasteiger partial charge on any atom is 1.00 e. The molecule has 9 heteroatoms. The first-order chi connectivity index (χ1) is 13.7. The Balaban J connectivity index is 0.00000171. The summed E-state index contributed by atoms with van der Waals surface area (Å²) >= 11 is 0. The van der Waals surface area contributed by atoms with Crippen LogP contribution >= 0.6 is 0 Å². The average Bonchev–Trinajstić information content (AvgIpc) is 3.02. The minimum Gasteiger partial charge on any atom is -0.371 e. The second-order valence-corrected chi connectivity index (χ2v) is 7.50. The third-order valence-electron chi connectivity index (χ3n) is 5.32. The second-order valence-electron chi connectivity index (χ2n) is 7.50. The van der Waals surface area contributed by atoms with E-state index in [2.05, 4.69) is 5.32 Å². The van der Waals surface area contributed by atoms with Crippen molar-refractivity contribution in [3.63, 3.8) is 0 Å². The third kappa shape index (κ3) is 6.14. The first kappa shape index (κ1) is 26.9. The zero-order valence-electron chi connectivity index (χ0n) is 17.8. The van der Waals surface area contributed by atoms with Crippen LogP contribution in [-0.4, -0.2) is 30.5 Å². The van der Waals surface area contributed by atoms with E-state index in [1.807, 2.05) is 24.0 Å². The SMILES string of the molecule is Cc1cc(C2CN(Cc3cc(F)cc(C(F)(F)F)c3)CCO2)cc2c1C(=O)NC2.[CH3-].[Cs+]. The van der Waals surface area contributed by atoms with Crippen molar-refractivity contribution >= 4 is 5.91 Å². The van der Waals surface area contributed by atoms with E-state index in [0.717, 1.165) is 28.8 Å². The molecule has 4 rings (SSSR count). The van der Waals surface area contributed by atoms with Gasteiger partial charge in [-0.05, 0) is 47.4 Å². The summed E-state index contributed by atoms with van der Waals surface area (Å²) in [7, 11) is 0. The molecule has 0 radical (unpaired) electrons. The second kappa shape index (κ2) is 10.7. The summed E-state index contributed by atoms with van der Waals surface area (Å²) in [5.41, 5.74) is 2.71. The molecule has 2 heterocycles. The van der Waals surface area contributed by atoms with E-state index in [9.17, 15) is 22.4 Å². The topological polar surface area (TPSA) is 41.6 Å². The fraction of sp³-hybridized carbons (Fsp3) is 0.364. The molecular weight excluding hydrogens is 533 g/mol. The summed E-state index contributed by atoms with van der Waals surface area (Å²) in [5, 5.41) is 2.80. The standard InChI is InChI=1S/C21H20F4N2O2.CH3.Cs/c1-12-4-14(7-15-9-26-20(28)19(12)15)18-11-27(2-3-29-18)10-13-5-16(21(23,24)25)8-17(22)6-13;;/h4-8,18H,2-3,9-11H2,1H3,(H,26,28);1H3;/q;-1;+1. The van der Waals surface area contributed by atoms with Gasteiger partial charge in [0.05, 0.1) is 18.3 Å². The van der Waals surface area contributed by atoms with Crippen LogP contribution < -0.4 is 74.2 Å². The van der Waals surface area contributed by atoms with E-state index in [1.54, 1.807) is 0 Å². The van der Waals surface area contributed by atoms with E-state index in [-0.39, 0.29) is 100 Å². The Morgan fingerprint density at radius 2 is 1.94 bits per heavy atom. The molecular formula is C22H23CsF4N2O2. The largest absolute Gasteiger partial charge is 1.00 e. The molecule has 2 aromatic rings. The molecule has 0 bridgehead atoms. The molecule has 1 saturated heterocycles. The van der Waals surface area contributed by atoms with Gasteiger partial charge < -0.3 is 17.5 Å². The summed E-state index contributed by atoms with van der Waals surface area (Å²) in [6.45, 7) is 3.97. The summed E-state index contributed by atoms with van der Waals surface area (Å²) < 4.78 is 58.4. The normalized spacial score (nSPS) is 18.6. The van der Waals surface area contributed by atoms with Crippen LogP contribution in [0.5, 0.6) is 0 Å². The first-order valence-electron chi connectivity index (χ1n) is 9.33. The molecule has 1 unspecified atom stereocenters. The Morgan fingerprint density at radius 1 is 1.19 bits per heavy atom. The maximum atomic E-state index is 13.7. The Hall–Kier alpha value is -0.398. The number of nitrogens with one attached hydrogen (secondary N) is 1. The van der Waals surface area contributed by atoms with E-state index in [4.69, 9.17) is 4.74 Å². The van der Waals surface area contributed by atoms with Gasteiger partial charge in [0.15, 0.2) is 0 Å². The van der Waals surface area contributed by atoms with Crippen molar-refractivity contribution in [2.24, 2.45) is 0 Å². The van der Waals surface area contributed by atoms with Gasteiger partial charge in [0, 0.05) is 31.7 Å². The molecule has 2 aliphatic heterocycles. The average molecular weight is 556 g/mol. The molecule has 0 saturated carbocycles. The predicted octanol–water partition coefficient (Wildman–Crippen LogP) is 1.42. The molecule has 1 amide bonds. The molecule has 2 aliphatic rings.